The third-order valence-electron chi connectivity index (χ3n) is 7.49. The second-order valence-corrected chi connectivity index (χ2v) is 8.74. The van der Waals surface area contributed by atoms with Crippen molar-refractivity contribution in [2.75, 3.05) is 26.4 Å². The summed E-state index contributed by atoms with van der Waals surface area (Å²) in [5, 5.41) is 21.4. The van der Waals surface area contributed by atoms with E-state index in [1.165, 1.54) is 0 Å². The molecule has 28 heavy (non-hydrogen) atoms. The van der Waals surface area contributed by atoms with E-state index in [2.05, 4.69) is 0 Å². The minimum atomic E-state index is -1.23. The van der Waals surface area contributed by atoms with Gasteiger partial charge in [-0.05, 0) is 19.3 Å². The molecular formula is C21H34O7. The van der Waals surface area contributed by atoms with E-state index in [1.54, 1.807) is 0 Å². The molecular weight excluding hydrogens is 364 g/mol. The molecule has 1 aliphatic carbocycles. The maximum Gasteiger partial charge on any atom is 0.201 e. The largest absolute Gasteiger partial charge is 0.394 e. The van der Waals surface area contributed by atoms with Crippen molar-refractivity contribution < 1.29 is 34.0 Å². The zero-order chi connectivity index (χ0) is 19.7. The van der Waals surface area contributed by atoms with Crippen LogP contribution in [0.4, 0.5) is 0 Å². The van der Waals surface area contributed by atoms with Gasteiger partial charge < -0.3 is 34.0 Å². The monoisotopic (exact) mass is 398 g/mol. The number of unbranched alkanes of at least 4 members (excludes halogenated alkanes) is 6. The smallest absolute Gasteiger partial charge is 0.201 e. The Balaban J connectivity index is 1.36. The first-order valence-electron chi connectivity index (χ1n) is 11.0. The van der Waals surface area contributed by atoms with Gasteiger partial charge in [0.2, 0.25) is 5.79 Å². The SMILES string of the molecule is O=CCCCCCCCCOC12CC[C@]13OCC[C@@]31OCC[C@@]1(O)[C@@H](CO)O2. The summed E-state index contributed by atoms with van der Waals surface area (Å²) in [4.78, 5) is 10.3. The van der Waals surface area contributed by atoms with Crippen LogP contribution in [0.5, 0.6) is 0 Å². The first kappa shape index (κ1) is 20.7. The Hall–Kier alpha value is -0.570. The van der Waals surface area contributed by atoms with E-state index in [0.29, 0.717) is 45.5 Å². The lowest BCUT2D eigenvalue weighted by Crippen LogP contribution is -2.86. The third-order valence-corrected chi connectivity index (χ3v) is 7.49. The molecule has 7 heteroatoms. The van der Waals surface area contributed by atoms with Gasteiger partial charge in [0.1, 0.15) is 23.6 Å². The van der Waals surface area contributed by atoms with Crippen LogP contribution >= 0.6 is 0 Å². The molecule has 3 saturated heterocycles. The molecule has 0 radical (unpaired) electrons. The van der Waals surface area contributed by atoms with Crippen LogP contribution in [0.15, 0.2) is 0 Å². The average molecular weight is 398 g/mol. The van der Waals surface area contributed by atoms with Crippen LogP contribution in [0.3, 0.4) is 0 Å². The Morgan fingerprint density at radius 3 is 2.36 bits per heavy atom. The van der Waals surface area contributed by atoms with Crippen LogP contribution in [0.25, 0.3) is 0 Å². The number of hydrogen-bond donors (Lipinski definition) is 2. The Kier molecular flexibility index (Phi) is 5.86. The minimum absolute atomic E-state index is 0.260. The summed E-state index contributed by atoms with van der Waals surface area (Å²) in [5.74, 6) is -0.933. The van der Waals surface area contributed by atoms with Gasteiger partial charge in [-0.25, -0.2) is 0 Å². The van der Waals surface area contributed by atoms with Gasteiger partial charge in [0.05, 0.1) is 26.4 Å². The van der Waals surface area contributed by atoms with Crippen molar-refractivity contribution in [3.63, 3.8) is 0 Å². The van der Waals surface area contributed by atoms with Crippen LogP contribution in [-0.4, -0.2) is 71.6 Å². The lowest BCUT2D eigenvalue weighted by Gasteiger charge is -2.68. The van der Waals surface area contributed by atoms with Crippen LogP contribution in [0, 0.1) is 0 Å². The molecule has 2 N–H and O–H groups in total. The van der Waals surface area contributed by atoms with Crippen molar-refractivity contribution in [2.45, 2.75) is 99.3 Å². The minimum Gasteiger partial charge on any atom is -0.394 e. The van der Waals surface area contributed by atoms with Crippen molar-refractivity contribution in [3.8, 4) is 0 Å². The molecule has 3 aliphatic heterocycles. The highest BCUT2D eigenvalue weighted by Gasteiger charge is 2.86. The quantitative estimate of drug-likeness (QED) is 0.405. The summed E-state index contributed by atoms with van der Waals surface area (Å²) in [6.07, 6.45) is 9.75. The molecule has 4 rings (SSSR count). The molecule has 0 amide bonds. The molecule has 2 spiro atoms. The van der Waals surface area contributed by atoms with E-state index >= 15 is 0 Å². The Labute approximate surface area is 166 Å². The Morgan fingerprint density at radius 1 is 0.929 bits per heavy atom. The number of carbonyl (C=O) groups excluding carboxylic acids is 1. The van der Waals surface area contributed by atoms with Crippen LogP contribution in [0.2, 0.25) is 0 Å². The number of aliphatic hydroxyl groups excluding tert-OH is 1. The number of rotatable bonds is 11. The van der Waals surface area contributed by atoms with Gasteiger partial charge in [-0.3, -0.25) is 0 Å². The summed E-state index contributed by atoms with van der Waals surface area (Å²) >= 11 is 0. The van der Waals surface area contributed by atoms with Crippen molar-refractivity contribution in [3.05, 3.63) is 0 Å². The standard InChI is InChI=1S/C21H34O7/c22-12-6-4-2-1-3-5-7-13-27-21-9-8-20(21)19(11-15-26-20)18(24,10-14-25-19)17(16-23)28-21/h12,17,23-24H,1-11,13-16H2/t17-,18-,19+,20-,21?/m1/s1. The van der Waals surface area contributed by atoms with Gasteiger partial charge >= 0.3 is 0 Å². The highest BCUT2D eigenvalue weighted by atomic mass is 16.8. The van der Waals surface area contributed by atoms with Gasteiger partial charge in [0.15, 0.2) is 5.60 Å². The van der Waals surface area contributed by atoms with Crippen LogP contribution < -0.4 is 0 Å². The highest BCUT2D eigenvalue weighted by Crippen LogP contribution is 2.68. The van der Waals surface area contributed by atoms with Gasteiger partial charge in [-0.2, -0.15) is 0 Å². The first-order chi connectivity index (χ1) is 13.6. The predicted molar refractivity (Wildman–Crippen MR) is 99.8 cm³/mol. The summed E-state index contributed by atoms with van der Waals surface area (Å²) in [5.41, 5.74) is -2.85. The molecule has 0 aromatic rings. The van der Waals surface area contributed by atoms with Gasteiger partial charge in [-0.15, -0.1) is 0 Å². The summed E-state index contributed by atoms with van der Waals surface area (Å²) in [6.45, 7) is 1.26. The number of hydrogen-bond acceptors (Lipinski definition) is 7. The molecule has 7 nitrogen and oxygen atoms in total. The normalized spacial score (nSPS) is 43.9. The molecule has 1 unspecified atom stereocenters. The lowest BCUT2D eigenvalue weighted by atomic mass is 9.54. The molecule has 4 fully saturated rings. The molecule has 1 saturated carbocycles. The maximum atomic E-state index is 11.4. The topological polar surface area (TPSA) is 94.5 Å². The maximum absolute atomic E-state index is 11.4. The second-order valence-electron chi connectivity index (χ2n) is 8.74. The van der Waals surface area contributed by atoms with Crippen molar-refractivity contribution >= 4 is 6.29 Å². The molecule has 0 aromatic heterocycles. The fraction of sp³-hybridized carbons (Fsp3) is 0.952. The van der Waals surface area contributed by atoms with E-state index in [-0.39, 0.29) is 6.61 Å². The van der Waals surface area contributed by atoms with Crippen LogP contribution in [-0.2, 0) is 23.7 Å². The lowest BCUT2D eigenvalue weighted by molar-refractivity contribution is -0.465. The molecule has 160 valence electrons. The predicted octanol–water partition coefficient (Wildman–Crippen LogP) is 1.86. The number of carbonyl (C=O) groups is 1. The molecule has 0 aromatic carbocycles. The Morgan fingerprint density at radius 2 is 1.64 bits per heavy atom. The third kappa shape index (κ3) is 2.74. The van der Waals surface area contributed by atoms with Crippen molar-refractivity contribution in [2.24, 2.45) is 0 Å². The van der Waals surface area contributed by atoms with E-state index in [4.69, 9.17) is 18.9 Å². The van der Waals surface area contributed by atoms with Crippen molar-refractivity contribution in [1.82, 2.24) is 0 Å². The number of aliphatic hydroxyl groups is 2. The first-order valence-corrected chi connectivity index (χ1v) is 11.0. The zero-order valence-corrected chi connectivity index (χ0v) is 16.7. The van der Waals surface area contributed by atoms with Gasteiger partial charge in [0, 0.05) is 25.7 Å². The Bertz CT molecular complexity index is 567. The fourth-order valence-corrected chi connectivity index (χ4v) is 5.99. The summed E-state index contributed by atoms with van der Waals surface area (Å²) < 4.78 is 24.9. The fourth-order valence-electron chi connectivity index (χ4n) is 5.99. The number of aldehydes is 1. The molecule has 4 aliphatic rings. The second kappa shape index (κ2) is 7.93. The highest BCUT2D eigenvalue weighted by molar-refractivity contribution is 5.48. The van der Waals surface area contributed by atoms with Crippen LogP contribution in [0.1, 0.15) is 70.6 Å². The van der Waals surface area contributed by atoms with Gasteiger partial charge in [-0.1, -0.05) is 25.7 Å². The summed E-state index contributed by atoms with van der Waals surface area (Å²) in [7, 11) is 0. The van der Waals surface area contributed by atoms with E-state index in [1.807, 2.05) is 0 Å². The van der Waals surface area contributed by atoms with E-state index in [0.717, 1.165) is 51.2 Å². The molecule has 0 bridgehead atoms. The van der Waals surface area contributed by atoms with E-state index < -0.39 is 28.7 Å². The van der Waals surface area contributed by atoms with Gasteiger partial charge in [0.25, 0.3) is 0 Å². The number of ether oxygens (including phenoxy) is 4. The summed E-state index contributed by atoms with van der Waals surface area (Å²) in [6, 6.07) is 0. The molecule has 5 atom stereocenters. The zero-order valence-electron chi connectivity index (χ0n) is 16.7. The van der Waals surface area contributed by atoms with Crippen molar-refractivity contribution in [1.29, 1.82) is 0 Å². The van der Waals surface area contributed by atoms with E-state index in [9.17, 15) is 15.0 Å². The molecule has 3 heterocycles. The average Bonchev–Trinajstić information content (AvgIpc) is 3.26.